The van der Waals surface area contributed by atoms with Crippen molar-refractivity contribution < 1.29 is 37.5 Å². The molecular formula is C14H18F3N3O5. The third kappa shape index (κ3) is 11.5. The summed E-state index contributed by atoms with van der Waals surface area (Å²) < 4.78 is 36.8. The fourth-order valence-electron chi connectivity index (χ4n) is 1.29. The number of halogens is 3. The summed E-state index contributed by atoms with van der Waals surface area (Å²) in [6.45, 7) is 0.410. The van der Waals surface area contributed by atoms with E-state index < -0.39 is 24.2 Å². The molecule has 1 unspecified atom stereocenters. The van der Waals surface area contributed by atoms with Gasteiger partial charge in [0, 0.05) is 0 Å². The summed E-state index contributed by atoms with van der Waals surface area (Å²) in [7, 11) is 1.28. The lowest BCUT2D eigenvalue weighted by molar-refractivity contribution is -0.499. The second kappa shape index (κ2) is 11.0. The molecule has 0 bridgehead atoms. The first kappa shape index (κ1) is 22.3. The molecule has 0 saturated carbocycles. The summed E-state index contributed by atoms with van der Waals surface area (Å²) in [5.41, 5.74) is 6.52. The van der Waals surface area contributed by atoms with Crippen LogP contribution in [0.4, 0.5) is 13.2 Å². The largest absolute Gasteiger partial charge is 0.600 e. The number of carbonyl (C=O) groups is 2. The Morgan fingerprint density at radius 1 is 1.36 bits per heavy atom. The molecule has 0 amide bonds. The second-order valence-corrected chi connectivity index (χ2v) is 4.62. The van der Waals surface area contributed by atoms with E-state index in [0.717, 1.165) is 5.56 Å². The number of benzene rings is 1. The first-order valence-corrected chi connectivity index (χ1v) is 6.88. The molecular weight excluding hydrogens is 347 g/mol. The van der Waals surface area contributed by atoms with Crippen LogP contribution in [0, 0.1) is 5.21 Å². The molecule has 0 radical (unpaired) electrons. The molecule has 0 aromatic heterocycles. The number of rotatable bonds is 6. The highest BCUT2D eigenvalue weighted by Gasteiger charge is 2.38. The Hall–Kier alpha value is -2.69. The molecule has 1 atom stereocenters. The maximum Gasteiger partial charge on any atom is 0.490 e. The number of alkyl halides is 3. The third-order valence-electron chi connectivity index (χ3n) is 2.51. The van der Waals surface area contributed by atoms with Gasteiger partial charge >= 0.3 is 18.1 Å². The number of azo groups is 1. The number of hydroxylamine groups is 1. The molecule has 0 spiro atoms. The van der Waals surface area contributed by atoms with Crippen LogP contribution in [0.5, 0.6) is 0 Å². The summed E-state index contributed by atoms with van der Waals surface area (Å²) in [6, 6.07) is 8.59. The summed E-state index contributed by atoms with van der Waals surface area (Å²) in [5.74, 6) is -3.24. The standard InChI is InChI=1S/C12H17N3O3.C2HF3O2/c1-15(17)14-8-7-11(13)12(16)18-9-10-5-3-2-4-6-10;3-2(4,5)1(6)7/h2-6,11H,7-9,13H2,1H3;(H,6,7). The van der Waals surface area contributed by atoms with E-state index in [0.29, 0.717) is 11.3 Å². The van der Waals surface area contributed by atoms with Crippen LogP contribution in [0.25, 0.3) is 0 Å². The molecule has 0 aliphatic carbocycles. The predicted octanol–water partition coefficient (Wildman–Crippen LogP) is 1.67. The Bertz CT molecular complexity index is 575. The number of esters is 1. The smallest absolute Gasteiger partial charge is 0.490 e. The van der Waals surface area contributed by atoms with Gasteiger partial charge in [0.2, 0.25) is 0 Å². The number of hydrogen-bond donors (Lipinski definition) is 2. The molecule has 140 valence electrons. The van der Waals surface area contributed by atoms with E-state index in [1.807, 2.05) is 30.3 Å². The number of carbonyl (C=O) groups excluding carboxylic acids is 1. The summed E-state index contributed by atoms with van der Waals surface area (Å²) in [6.07, 6.45) is -4.79. The monoisotopic (exact) mass is 365 g/mol. The van der Waals surface area contributed by atoms with E-state index in [1.165, 1.54) is 7.05 Å². The highest BCUT2D eigenvalue weighted by atomic mass is 19.4. The molecule has 0 fully saturated rings. The van der Waals surface area contributed by atoms with Crippen molar-refractivity contribution in [3.8, 4) is 0 Å². The van der Waals surface area contributed by atoms with Crippen LogP contribution in [0.3, 0.4) is 0 Å². The number of carboxylic acids is 1. The van der Waals surface area contributed by atoms with Crippen molar-refractivity contribution in [2.45, 2.75) is 25.2 Å². The minimum Gasteiger partial charge on any atom is -0.600 e. The number of aliphatic carboxylic acids is 1. The minimum atomic E-state index is -5.08. The number of ether oxygens (including phenoxy) is 1. The maximum absolute atomic E-state index is 11.5. The topological polar surface area (TPSA) is 128 Å². The van der Waals surface area contributed by atoms with E-state index in [4.69, 9.17) is 20.4 Å². The van der Waals surface area contributed by atoms with Crippen molar-refractivity contribution in [2.24, 2.45) is 10.8 Å². The Balaban J connectivity index is 0.000000697. The van der Waals surface area contributed by atoms with E-state index >= 15 is 0 Å². The first-order chi connectivity index (χ1) is 11.5. The molecule has 8 nitrogen and oxygen atoms in total. The molecule has 0 saturated heterocycles. The molecule has 0 aliphatic heterocycles. The van der Waals surface area contributed by atoms with E-state index in [-0.39, 0.29) is 13.2 Å². The van der Waals surface area contributed by atoms with Gasteiger partial charge in [-0.05, 0) is 17.1 Å². The van der Waals surface area contributed by atoms with Crippen LogP contribution in [0.15, 0.2) is 35.4 Å². The van der Waals surface area contributed by atoms with Gasteiger partial charge in [0.25, 0.3) is 0 Å². The fraction of sp³-hybridized carbons (Fsp3) is 0.429. The highest BCUT2D eigenvalue weighted by Crippen LogP contribution is 2.13. The fourth-order valence-corrected chi connectivity index (χ4v) is 1.29. The molecule has 25 heavy (non-hydrogen) atoms. The maximum atomic E-state index is 11.5. The Kier molecular flexibility index (Phi) is 9.79. The lowest BCUT2D eigenvalue weighted by Gasteiger charge is -2.09. The average Bonchev–Trinajstić information content (AvgIpc) is 2.52. The van der Waals surface area contributed by atoms with E-state index in [2.05, 4.69) is 5.11 Å². The van der Waals surface area contributed by atoms with Crippen molar-refractivity contribution in [1.29, 1.82) is 0 Å². The first-order valence-electron chi connectivity index (χ1n) is 6.88. The predicted molar refractivity (Wildman–Crippen MR) is 79.4 cm³/mol. The van der Waals surface area contributed by atoms with E-state index in [9.17, 15) is 23.2 Å². The molecule has 11 heteroatoms. The van der Waals surface area contributed by atoms with Gasteiger partial charge in [0.15, 0.2) is 7.05 Å². The molecule has 1 aromatic carbocycles. The van der Waals surface area contributed by atoms with Crippen LogP contribution in [-0.4, -0.2) is 47.7 Å². The zero-order valence-electron chi connectivity index (χ0n) is 13.3. The van der Waals surface area contributed by atoms with Gasteiger partial charge in [0.1, 0.15) is 19.2 Å². The van der Waals surface area contributed by atoms with Gasteiger partial charge < -0.3 is 20.8 Å². The van der Waals surface area contributed by atoms with Gasteiger partial charge in [-0.25, -0.2) is 4.79 Å². The summed E-state index contributed by atoms with van der Waals surface area (Å²) in [5, 5.41) is 21.2. The van der Waals surface area contributed by atoms with Crippen molar-refractivity contribution >= 4 is 11.9 Å². The van der Waals surface area contributed by atoms with Gasteiger partial charge in [-0.15, -0.1) is 4.86 Å². The van der Waals surface area contributed by atoms with Crippen molar-refractivity contribution in [1.82, 2.24) is 0 Å². The lowest BCUT2D eigenvalue weighted by Crippen LogP contribution is -2.33. The van der Waals surface area contributed by atoms with Crippen LogP contribution in [-0.2, 0) is 20.9 Å². The Labute approximate surface area is 141 Å². The van der Waals surface area contributed by atoms with Gasteiger partial charge in [-0.1, -0.05) is 30.3 Å². The zero-order valence-corrected chi connectivity index (χ0v) is 13.3. The highest BCUT2D eigenvalue weighted by molar-refractivity contribution is 5.75. The van der Waals surface area contributed by atoms with Crippen molar-refractivity contribution in [3.05, 3.63) is 41.1 Å². The van der Waals surface area contributed by atoms with E-state index in [1.54, 1.807) is 0 Å². The summed E-state index contributed by atoms with van der Waals surface area (Å²) in [4.78, 5) is 20.9. The molecule has 0 aliphatic rings. The van der Waals surface area contributed by atoms with Crippen LogP contribution in [0.2, 0.25) is 0 Å². The number of hydrogen-bond acceptors (Lipinski definition) is 6. The average molecular weight is 365 g/mol. The van der Waals surface area contributed by atoms with Gasteiger partial charge in [0.05, 0.1) is 0 Å². The zero-order chi connectivity index (χ0) is 19.5. The van der Waals surface area contributed by atoms with Gasteiger partial charge in [-0.3, -0.25) is 4.79 Å². The number of nitrogens with zero attached hydrogens (tertiary/aromatic N) is 2. The second-order valence-electron chi connectivity index (χ2n) is 4.62. The van der Waals surface area contributed by atoms with Crippen molar-refractivity contribution in [3.63, 3.8) is 0 Å². The molecule has 1 rings (SSSR count). The SMILES string of the molecule is C[N+]([O-])=NCCC(N)C(=O)OCc1ccccc1.O=C(O)C(F)(F)F. The number of carboxylic acid groups (broad SMARTS) is 1. The third-order valence-corrected chi connectivity index (χ3v) is 2.51. The number of nitrogens with two attached hydrogens (primary N) is 1. The molecule has 1 aromatic rings. The van der Waals surface area contributed by atoms with Gasteiger partial charge in [-0.2, -0.15) is 13.2 Å². The van der Waals surface area contributed by atoms with Crippen LogP contribution < -0.4 is 5.73 Å². The molecule has 3 N–H and O–H groups in total. The van der Waals surface area contributed by atoms with Crippen LogP contribution in [0.1, 0.15) is 12.0 Å². The Morgan fingerprint density at radius 3 is 2.32 bits per heavy atom. The Morgan fingerprint density at radius 2 is 1.88 bits per heavy atom. The normalized spacial score (nSPS) is 12.6. The van der Waals surface area contributed by atoms with Crippen molar-refractivity contribution in [2.75, 3.05) is 13.6 Å². The van der Waals surface area contributed by atoms with Crippen LogP contribution >= 0.6 is 0 Å². The quantitative estimate of drug-likeness (QED) is 0.342. The molecule has 0 heterocycles. The summed E-state index contributed by atoms with van der Waals surface area (Å²) >= 11 is 0. The minimum absolute atomic E-state index is 0.200. The lowest BCUT2D eigenvalue weighted by atomic mass is 10.2.